The highest BCUT2D eigenvalue weighted by atomic mass is 35.5. The van der Waals surface area contributed by atoms with Gasteiger partial charge in [-0.3, -0.25) is 19.7 Å². The topological polar surface area (TPSA) is 121 Å². The van der Waals surface area contributed by atoms with E-state index in [2.05, 4.69) is 25.7 Å². The maximum Gasteiger partial charge on any atom is 0.322 e. The van der Waals surface area contributed by atoms with Crippen molar-refractivity contribution in [3.8, 4) is 0 Å². The number of nitrogens with zero attached hydrogens (tertiary/aromatic N) is 4. The normalized spacial score (nSPS) is 16.8. The molecule has 1 saturated carbocycles. The average molecular weight is 537 g/mol. The number of carbonyl (C=O) groups excluding carboxylic acids is 3. The second kappa shape index (κ2) is 10.8. The van der Waals surface area contributed by atoms with Crippen LogP contribution in [0, 0.1) is 0 Å². The molecule has 0 radical (unpaired) electrons. The number of rotatable bonds is 6. The van der Waals surface area contributed by atoms with Gasteiger partial charge in [0, 0.05) is 49.5 Å². The molecule has 2 fully saturated rings. The van der Waals surface area contributed by atoms with E-state index in [1.165, 1.54) is 0 Å². The number of hydrogen-bond acceptors (Lipinski definition) is 7. The molecule has 0 atom stereocenters. The van der Waals surface area contributed by atoms with Crippen LogP contribution in [0.15, 0.2) is 52.9 Å². The summed E-state index contributed by atoms with van der Waals surface area (Å²) in [4.78, 5) is 41.6. The molecule has 5 rings (SSSR count). The predicted molar refractivity (Wildman–Crippen MR) is 143 cm³/mol. The van der Waals surface area contributed by atoms with Crippen LogP contribution < -0.4 is 15.5 Å². The molecular weight excluding hydrogens is 508 g/mol. The summed E-state index contributed by atoms with van der Waals surface area (Å²) < 4.78 is 5.47. The van der Waals surface area contributed by atoms with Crippen molar-refractivity contribution in [2.75, 3.05) is 41.7 Å². The molecule has 2 heterocycles. The van der Waals surface area contributed by atoms with Crippen LogP contribution in [-0.4, -0.2) is 59.0 Å². The second-order valence-corrected chi connectivity index (χ2v) is 10.1. The average Bonchev–Trinajstić information content (AvgIpc) is 3.61. The van der Waals surface area contributed by atoms with Gasteiger partial charge in [0.1, 0.15) is 0 Å². The Morgan fingerprint density at radius 1 is 0.895 bits per heavy atom. The van der Waals surface area contributed by atoms with Crippen LogP contribution in [0.25, 0.3) is 0 Å². The fourth-order valence-corrected chi connectivity index (χ4v) is 5.32. The van der Waals surface area contributed by atoms with Crippen LogP contribution in [0.3, 0.4) is 0 Å². The summed E-state index contributed by atoms with van der Waals surface area (Å²) in [6, 6.07) is 14.6. The first-order valence-corrected chi connectivity index (χ1v) is 13.0. The first-order valence-electron chi connectivity index (χ1n) is 12.7. The second-order valence-electron chi connectivity index (χ2n) is 9.66. The number of carbonyl (C=O) groups is 3. The Hall–Kier alpha value is -3.92. The number of aromatic nitrogens is 2. The monoisotopic (exact) mass is 536 g/mol. The summed E-state index contributed by atoms with van der Waals surface area (Å²) in [5, 5.41) is 13.7. The number of amides is 3. The van der Waals surface area contributed by atoms with E-state index >= 15 is 0 Å². The Kier molecular flexibility index (Phi) is 7.33. The maximum absolute atomic E-state index is 13.3. The van der Waals surface area contributed by atoms with Crippen LogP contribution in [0.1, 0.15) is 48.9 Å². The predicted octanol–water partition coefficient (Wildman–Crippen LogP) is 4.09. The Bertz CT molecular complexity index is 1310. The van der Waals surface area contributed by atoms with Crippen molar-refractivity contribution in [2.45, 2.75) is 38.0 Å². The van der Waals surface area contributed by atoms with Crippen molar-refractivity contribution in [1.29, 1.82) is 0 Å². The zero-order valence-corrected chi connectivity index (χ0v) is 21.8. The molecule has 3 aromatic rings. The first kappa shape index (κ1) is 25.7. The highest BCUT2D eigenvalue weighted by molar-refractivity contribution is 6.30. The molecule has 0 bridgehead atoms. The van der Waals surface area contributed by atoms with Gasteiger partial charge in [-0.2, -0.15) is 0 Å². The fourth-order valence-electron chi connectivity index (χ4n) is 5.20. The van der Waals surface area contributed by atoms with Gasteiger partial charge < -0.3 is 19.5 Å². The zero-order valence-electron chi connectivity index (χ0n) is 21.1. The Labute approximate surface area is 225 Å². The van der Waals surface area contributed by atoms with Gasteiger partial charge in [-0.1, -0.05) is 41.7 Å². The smallest absolute Gasteiger partial charge is 0.322 e. The zero-order chi connectivity index (χ0) is 26.7. The van der Waals surface area contributed by atoms with Gasteiger partial charge in [0.05, 0.1) is 5.41 Å². The van der Waals surface area contributed by atoms with E-state index in [9.17, 15) is 14.4 Å². The third kappa shape index (κ3) is 5.35. The van der Waals surface area contributed by atoms with E-state index < -0.39 is 11.3 Å². The van der Waals surface area contributed by atoms with Gasteiger partial charge in [-0.25, -0.2) is 0 Å². The van der Waals surface area contributed by atoms with E-state index in [4.69, 9.17) is 16.0 Å². The molecule has 0 spiro atoms. The Balaban J connectivity index is 1.20. The molecule has 1 aliphatic carbocycles. The van der Waals surface area contributed by atoms with E-state index in [1.54, 1.807) is 31.2 Å². The summed E-state index contributed by atoms with van der Waals surface area (Å²) in [5.41, 5.74) is 1.76. The van der Waals surface area contributed by atoms with Crippen LogP contribution in [0.5, 0.6) is 0 Å². The quantitative estimate of drug-likeness (QED) is 0.486. The van der Waals surface area contributed by atoms with Gasteiger partial charge in [-0.15, -0.1) is 5.10 Å². The van der Waals surface area contributed by atoms with Crippen LogP contribution >= 0.6 is 11.6 Å². The fraction of sp³-hybridized carbons (Fsp3) is 0.370. The molecular formula is C27H29ClN6O4. The number of benzene rings is 2. The highest BCUT2D eigenvalue weighted by Crippen LogP contribution is 2.42. The number of nitrogens with one attached hydrogen (secondary N) is 2. The van der Waals surface area contributed by atoms with Crippen LogP contribution in [0.2, 0.25) is 5.02 Å². The molecule has 1 aliphatic heterocycles. The number of piperazine rings is 1. The van der Waals surface area contributed by atoms with E-state index in [0.29, 0.717) is 36.6 Å². The standard InChI is InChI=1S/C27H29ClN6O4/c1-18(35)33-14-16-34(17-15-33)22-10-8-21(9-11-22)29-23(36)24-31-32-26(38-24)30-25(37)27(12-2-3-13-27)19-4-6-20(28)7-5-19/h4-11H,2-3,12-17H2,1H3,(H,29,36)(H,30,32,37). The third-order valence-electron chi connectivity index (χ3n) is 7.34. The lowest BCUT2D eigenvalue weighted by atomic mass is 9.78. The molecule has 0 unspecified atom stereocenters. The number of hydrogen-bond donors (Lipinski definition) is 2. The molecule has 10 nitrogen and oxygen atoms in total. The van der Waals surface area contributed by atoms with E-state index in [1.807, 2.05) is 29.2 Å². The molecule has 198 valence electrons. The van der Waals surface area contributed by atoms with Gasteiger partial charge in [0.2, 0.25) is 11.8 Å². The SMILES string of the molecule is CC(=O)N1CCN(c2ccc(NC(=O)c3nnc(NC(=O)C4(c5ccc(Cl)cc5)CCCC4)o3)cc2)CC1. The Morgan fingerprint density at radius 2 is 1.55 bits per heavy atom. The van der Waals surface area contributed by atoms with E-state index in [-0.39, 0.29) is 23.7 Å². The lowest BCUT2D eigenvalue weighted by molar-refractivity contribution is -0.129. The highest BCUT2D eigenvalue weighted by Gasteiger charge is 2.43. The molecule has 38 heavy (non-hydrogen) atoms. The van der Waals surface area contributed by atoms with Crippen molar-refractivity contribution in [3.05, 3.63) is 65.0 Å². The first-order chi connectivity index (χ1) is 18.3. The molecule has 2 aliphatic rings. The van der Waals surface area contributed by atoms with Gasteiger partial charge in [0.15, 0.2) is 0 Å². The van der Waals surface area contributed by atoms with Gasteiger partial charge in [-0.05, 0) is 54.8 Å². The van der Waals surface area contributed by atoms with Crippen molar-refractivity contribution in [2.24, 2.45) is 0 Å². The summed E-state index contributed by atoms with van der Waals surface area (Å²) in [6.45, 7) is 4.46. The molecule has 1 saturated heterocycles. The van der Waals surface area contributed by atoms with Gasteiger partial charge in [0.25, 0.3) is 0 Å². The lowest BCUT2D eigenvalue weighted by Gasteiger charge is -2.35. The van der Waals surface area contributed by atoms with Crippen LogP contribution in [-0.2, 0) is 15.0 Å². The maximum atomic E-state index is 13.3. The molecule has 11 heteroatoms. The molecule has 1 aromatic heterocycles. The van der Waals surface area contributed by atoms with Crippen molar-refractivity contribution < 1.29 is 18.8 Å². The Morgan fingerprint density at radius 3 is 2.18 bits per heavy atom. The molecule has 2 aromatic carbocycles. The molecule has 2 N–H and O–H groups in total. The molecule has 3 amide bonds. The summed E-state index contributed by atoms with van der Waals surface area (Å²) >= 11 is 6.04. The largest absolute Gasteiger partial charge is 0.399 e. The lowest BCUT2D eigenvalue weighted by Crippen LogP contribution is -2.48. The minimum atomic E-state index is -0.706. The third-order valence-corrected chi connectivity index (χ3v) is 7.60. The summed E-state index contributed by atoms with van der Waals surface area (Å²) in [5.74, 6) is -0.982. The van der Waals surface area contributed by atoms with Gasteiger partial charge >= 0.3 is 17.8 Å². The minimum absolute atomic E-state index is 0.0889. The number of anilines is 3. The summed E-state index contributed by atoms with van der Waals surface area (Å²) in [7, 11) is 0. The minimum Gasteiger partial charge on any atom is -0.399 e. The number of halogens is 1. The summed E-state index contributed by atoms with van der Waals surface area (Å²) in [6.07, 6.45) is 3.26. The van der Waals surface area contributed by atoms with Crippen molar-refractivity contribution in [3.63, 3.8) is 0 Å². The van der Waals surface area contributed by atoms with Crippen molar-refractivity contribution >= 4 is 46.7 Å². The van der Waals surface area contributed by atoms with E-state index in [0.717, 1.165) is 37.2 Å². The van der Waals surface area contributed by atoms with Crippen molar-refractivity contribution in [1.82, 2.24) is 15.1 Å². The van der Waals surface area contributed by atoms with Crippen LogP contribution in [0.4, 0.5) is 17.4 Å².